The second-order valence-electron chi connectivity index (χ2n) is 3.76. The molecule has 0 spiro atoms. The fourth-order valence-corrected chi connectivity index (χ4v) is 1.71. The van der Waals surface area contributed by atoms with Gasteiger partial charge in [0.15, 0.2) is 0 Å². The average molecular weight is 183 g/mol. The normalized spacial score (nSPS) is 30.4. The number of β-amino-alcohol motifs (C(OH)–C–C–N with tert-alkyl or cyclic N) is 1. The zero-order valence-electron chi connectivity index (χ0n) is 8.20. The minimum atomic E-state index is -0.295. The van der Waals surface area contributed by atoms with Gasteiger partial charge in [-0.25, -0.2) is 0 Å². The SMILES string of the molecule is CC(C#N)CN(C)[C@@H]1CNC[C@H]1O. The summed E-state index contributed by atoms with van der Waals surface area (Å²) in [7, 11) is 1.95. The highest BCUT2D eigenvalue weighted by atomic mass is 16.3. The Morgan fingerprint density at radius 3 is 2.85 bits per heavy atom. The highest BCUT2D eigenvalue weighted by Crippen LogP contribution is 2.09. The molecule has 0 aromatic carbocycles. The number of likely N-dealkylation sites (N-methyl/N-ethyl adjacent to an activating group) is 1. The minimum absolute atomic E-state index is 0.0257. The molecule has 0 saturated carbocycles. The molecule has 0 radical (unpaired) electrons. The third kappa shape index (κ3) is 2.66. The number of hydrogen-bond acceptors (Lipinski definition) is 4. The molecule has 74 valence electrons. The lowest BCUT2D eigenvalue weighted by molar-refractivity contribution is 0.0953. The molecular weight excluding hydrogens is 166 g/mol. The Hall–Kier alpha value is -0.630. The van der Waals surface area contributed by atoms with Crippen molar-refractivity contribution in [2.75, 3.05) is 26.7 Å². The first-order chi connectivity index (χ1) is 6.15. The van der Waals surface area contributed by atoms with E-state index in [1.54, 1.807) is 0 Å². The summed E-state index contributed by atoms with van der Waals surface area (Å²) in [5.74, 6) is 0.0257. The number of nitrogens with zero attached hydrogens (tertiary/aromatic N) is 2. The number of hydrogen-bond donors (Lipinski definition) is 2. The van der Waals surface area contributed by atoms with Crippen molar-refractivity contribution in [3.63, 3.8) is 0 Å². The molecule has 0 aromatic heterocycles. The maximum atomic E-state index is 9.56. The lowest BCUT2D eigenvalue weighted by Gasteiger charge is -2.26. The van der Waals surface area contributed by atoms with E-state index in [-0.39, 0.29) is 18.1 Å². The first-order valence-electron chi connectivity index (χ1n) is 4.63. The van der Waals surface area contributed by atoms with Gasteiger partial charge < -0.3 is 10.4 Å². The van der Waals surface area contributed by atoms with Gasteiger partial charge >= 0.3 is 0 Å². The van der Waals surface area contributed by atoms with E-state index in [1.807, 2.05) is 14.0 Å². The highest BCUT2D eigenvalue weighted by Gasteiger charge is 2.28. The second kappa shape index (κ2) is 4.56. The molecule has 0 aliphatic carbocycles. The van der Waals surface area contributed by atoms with Gasteiger partial charge in [0.25, 0.3) is 0 Å². The Morgan fingerprint density at radius 1 is 1.69 bits per heavy atom. The molecule has 2 N–H and O–H groups in total. The van der Waals surface area contributed by atoms with Gasteiger partial charge in [-0.1, -0.05) is 0 Å². The van der Waals surface area contributed by atoms with Crippen LogP contribution in [-0.2, 0) is 0 Å². The maximum Gasteiger partial charge on any atom is 0.0831 e. The summed E-state index contributed by atoms with van der Waals surface area (Å²) in [5.41, 5.74) is 0. The van der Waals surface area contributed by atoms with Crippen LogP contribution in [0.2, 0.25) is 0 Å². The van der Waals surface area contributed by atoms with E-state index in [4.69, 9.17) is 5.26 Å². The van der Waals surface area contributed by atoms with E-state index in [0.717, 1.165) is 13.1 Å². The molecule has 13 heavy (non-hydrogen) atoms. The monoisotopic (exact) mass is 183 g/mol. The molecular formula is C9H17N3O. The van der Waals surface area contributed by atoms with Crippen LogP contribution in [0.25, 0.3) is 0 Å². The summed E-state index contributed by atoms with van der Waals surface area (Å²) in [6.07, 6.45) is -0.295. The summed E-state index contributed by atoms with van der Waals surface area (Å²) in [6.45, 7) is 4.09. The van der Waals surface area contributed by atoms with Crippen molar-refractivity contribution in [1.82, 2.24) is 10.2 Å². The van der Waals surface area contributed by atoms with Crippen LogP contribution in [0.1, 0.15) is 6.92 Å². The van der Waals surface area contributed by atoms with E-state index in [0.29, 0.717) is 6.54 Å². The van der Waals surface area contributed by atoms with Crippen molar-refractivity contribution in [2.45, 2.75) is 19.1 Å². The van der Waals surface area contributed by atoms with Gasteiger partial charge in [-0.15, -0.1) is 0 Å². The number of nitriles is 1. The van der Waals surface area contributed by atoms with Crippen molar-refractivity contribution in [1.29, 1.82) is 5.26 Å². The summed E-state index contributed by atoms with van der Waals surface area (Å²) in [5, 5.41) is 21.3. The van der Waals surface area contributed by atoms with Crippen LogP contribution in [0.5, 0.6) is 0 Å². The Kier molecular flexibility index (Phi) is 3.67. The molecule has 0 aromatic rings. The van der Waals surface area contributed by atoms with Crippen LogP contribution in [0.3, 0.4) is 0 Å². The van der Waals surface area contributed by atoms with Gasteiger partial charge in [0.2, 0.25) is 0 Å². The minimum Gasteiger partial charge on any atom is -0.390 e. The first kappa shape index (κ1) is 10.5. The van der Waals surface area contributed by atoms with E-state index in [2.05, 4.69) is 16.3 Å². The van der Waals surface area contributed by atoms with E-state index in [1.165, 1.54) is 0 Å². The first-order valence-corrected chi connectivity index (χ1v) is 4.63. The fraction of sp³-hybridized carbons (Fsp3) is 0.889. The predicted octanol–water partition coefficient (Wildman–Crippen LogP) is -0.589. The molecule has 1 aliphatic rings. The lowest BCUT2D eigenvalue weighted by Crippen LogP contribution is -2.42. The van der Waals surface area contributed by atoms with Crippen molar-refractivity contribution in [3.05, 3.63) is 0 Å². The Bertz CT molecular complexity index is 202. The standard InChI is InChI=1S/C9H17N3O/c1-7(3-10)6-12(2)8-4-11-5-9(8)13/h7-9,11,13H,4-6H2,1-2H3/t7?,8-,9-/m1/s1. The van der Waals surface area contributed by atoms with Crippen LogP contribution >= 0.6 is 0 Å². The number of nitrogens with one attached hydrogen (secondary N) is 1. The van der Waals surface area contributed by atoms with Crippen LogP contribution < -0.4 is 5.32 Å². The Labute approximate surface area is 79.1 Å². The molecule has 4 nitrogen and oxygen atoms in total. The number of aliphatic hydroxyl groups is 1. The van der Waals surface area contributed by atoms with Crippen molar-refractivity contribution < 1.29 is 5.11 Å². The van der Waals surface area contributed by atoms with Gasteiger partial charge in [0.05, 0.1) is 18.1 Å². The van der Waals surface area contributed by atoms with E-state index < -0.39 is 0 Å². The van der Waals surface area contributed by atoms with Crippen LogP contribution in [0, 0.1) is 17.2 Å². The van der Waals surface area contributed by atoms with Crippen molar-refractivity contribution >= 4 is 0 Å². The molecule has 0 bridgehead atoms. The third-order valence-corrected chi connectivity index (χ3v) is 2.50. The van der Waals surface area contributed by atoms with Crippen molar-refractivity contribution in [2.24, 2.45) is 5.92 Å². The molecule has 1 saturated heterocycles. The van der Waals surface area contributed by atoms with Crippen LogP contribution in [0.4, 0.5) is 0 Å². The zero-order valence-corrected chi connectivity index (χ0v) is 8.20. The molecule has 1 aliphatic heterocycles. The molecule has 1 unspecified atom stereocenters. The topological polar surface area (TPSA) is 59.3 Å². The zero-order chi connectivity index (χ0) is 9.84. The van der Waals surface area contributed by atoms with Gasteiger partial charge in [0.1, 0.15) is 0 Å². The summed E-state index contributed by atoms with van der Waals surface area (Å²) in [4.78, 5) is 2.05. The molecule has 4 heteroatoms. The summed E-state index contributed by atoms with van der Waals surface area (Å²) < 4.78 is 0. The van der Waals surface area contributed by atoms with Crippen molar-refractivity contribution in [3.8, 4) is 6.07 Å². The summed E-state index contributed by atoms with van der Waals surface area (Å²) >= 11 is 0. The Balaban J connectivity index is 2.39. The smallest absolute Gasteiger partial charge is 0.0831 e. The van der Waals surface area contributed by atoms with Gasteiger partial charge in [0, 0.05) is 25.7 Å². The maximum absolute atomic E-state index is 9.56. The number of aliphatic hydroxyl groups excluding tert-OH is 1. The Morgan fingerprint density at radius 2 is 2.38 bits per heavy atom. The van der Waals surface area contributed by atoms with E-state index in [9.17, 15) is 5.11 Å². The second-order valence-corrected chi connectivity index (χ2v) is 3.76. The largest absolute Gasteiger partial charge is 0.390 e. The summed E-state index contributed by atoms with van der Waals surface area (Å²) in [6, 6.07) is 2.35. The molecule has 0 amide bonds. The van der Waals surface area contributed by atoms with Gasteiger partial charge in [-0.2, -0.15) is 5.26 Å². The highest BCUT2D eigenvalue weighted by molar-refractivity contribution is 4.90. The lowest BCUT2D eigenvalue weighted by atomic mass is 10.1. The molecule has 1 rings (SSSR count). The van der Waals surface area contributed by atoms with Crippen LogP contribution in [0.15, 0.2) is 0 Å². The molecule has 1 heterocycles. The number of rotatable bonds is 3. The molecule has 3 atom stereocenters. The average Bonchev–Trinajstić information content (AvgIpc) is 2.51. The molecule has 1 fully saturated rings. The third-order valence-electron chi connectivity index (χ3n) is 2.50. The van der Waals surface area contributed by atoms with E-state index >= 15 is 0 Å². The quantitative estimate of drug-likeness (QED) is 0.614. The predicted molar refractivity (Wildman–Crippen MR) is 50.1 cm³/mol. The van der Waals surface area contributed by atoms with Crippen LogP contribution in [-0.4, -0.2) is 48.8 Å². The van der Waals surface area contributed by atoms with Gasteiger partial charge in [-0.05, 0) is 14.0 Å². The van der Waals surface area contributed by atoms with Gasteiger partial charge in [-0.3, -0.25) is 4.90 Å². The fourth-order valence-electron chi connectivity index (χ4n) is 1.71.